The van der Waals surface area contributed by atoms with E-state index in [1.807, 2.05) is 111 Å². The maximum Gasteiger partial charge on any atom is 0.316 e. The van der Waals surface area contributed by atoms with Crippen molar-refractivity contribution < 1.29 is 110 Å². The molecule has 0 spiro atoms. The van der Waals surface area contributed by atoms with Crippen LogP contribution in [0.15, 0.2) is 24.3 Å². The van der Waals surface area contributed by atoms with Gasteiger partial charge in [0.15, 0.2) is 18.5 Å². The maximum absolute atomic E-state index is 12.8. The molecule has 14 aliphatic carbocycles. The summed E-state index contributed by atoms with van der Waals surface area (Å²) in [4.78, 5) is 110. The fourth-order valence-corrected chi connectivity index (χ4v) is 24.8. The number of carbonyl (C=O) groups is 9. The van der Waals surface area contributed by atoms with Crippen LogP contribution in [0.25, 0.3) is 0 Å². The van der Waals surface area contributed by atoms with Crippen molar-refractivity contribution in [1.82, 2.24) is 0 Å². The average Bonchev–Trinajstić information content (AvgIpc) is 1.58. The van der Waals surface area contributed by atoms with E-state index in [-0.39, 0.29) is 118 Å². The molecular weight excluding hydrogens is 1550 g/mol. The molecule has 121 heavy (non-hydrogen) atoms. The van der Waals surface area contributed by atoms with Gasteiger partial charge in [-0.25, -0.2) is 0 Å². The molecule has 23 unspecified atom stereocenters. The van der Waals surface area contributed by atoms with Crippen LogP contribution in [0.5, 0.6) is 11.5 Å². The molecular formula is C98H150O23. The fraction of sp³-hybridized carbons (Fsp3) is 0.847. The second kappa shape index (κ2) is 35.0. The second-order valence-corrected chi connectivity index (χ2v) is 44.5. The number of phenols is 1. The van der Waals surface area contributed by atoms with Crippen molar-refractivity contribution in [3.8, 4) is 11.5 Å². The van der Waals surface area contributed by atoms with Gasteiger partial charge in [-0.3, -0.25) is 43.2 Å². The molecule has 23 heteroatoms. The number of aliphatic hydroxyl groups is 1. The van der Waals surface area contributed by atoms with E-state index in [1.165, 1.54) is 57.8 Å². The molecule has 680 valence electrons. The summed E-state index contributed by atoms with van der Waals surface area (Å²) in [5, 5.41) is 19.7. The van der Waals surface area contributed by atoms with Crippen LogP contribution in [0, 0.1) is 127 Å². The van der Waals surface area contributed by atoms with Crippen molar-refractivity contribution in [1.29, 1.82) is 0 Å². The van der Waals surface area contributed by atoms with E-state index in [1.54, 1.807) is 19.2 Å². The first kappa shape index (κ1) is 94.2. The Morgan fingerprint density at radius 3 is 1.44 bits per heavy atom. The Hall–Kier alpha value is -5.91. The zero-order valence-electron chi connectivity index (χ0n) is 77.4. The number of hydrogen-bond donors (Lipinski definition) is 2. The quantitative estimate of drug-likeness (QED) is 0.0319. The Morgan fingerprint density at radius 2 is 0.950 bits per heavy atom. The minimum absolute atomic E-state index is 0.0378. The van der Waals surface area contributed by atoms with Crippen molar-refractivity contribution in [2.24, 2.45) is 127 Å². The standard InChI is InChI=1S/C21H36O4.C20H32O2.C16H22O6.C16H26O3.C13H18O5.C12H16O3/c1-7-19(4,5)18(22)25-21-11-15-8-16(12-21)10-20(9-15,13-21)24-17(23-6)14(2)3;1-5-19(3,4)18(21)22-20(6-2)11-14-10-15(20)17-13-8-7-12(9-13)16(14)17;1-5-16(2,3)15(19)22-12-7-6-8-10(9(7)13(17)20-4)14(18)21-11(8)12;1-4-14(2,3)13(17)19-16-8-11-5-12(9-16)7-15(18,6-11)10-16;1-4-13(2,3)12(15)18-9-7-5-6-8(16-7)10(9)17-11(6)14;1-4-12(2,3)11(14)15-10-7-5-9(13)6-8-10/h14-17H,7-13H2,1-6H3;12-17H,5-11H2,1-4H3;7-12H,5-6H2,1-4H3;11-12,18H,4-10H2,1-3H3;6-10H,4-5H2,1-3H3;5-8,13H,4H2,1-3H3. The molecule has 0 aromatic heterocycles. The van der Waals surface area contributed by atoms with Crippen LogP contribution < -0.4 is 4.74 Å². The van der Waals surface area contributed by atoms with Crippen LogP contribution in [0.1, 0.15) is 312 Å². The average molecular weight is 1700 g/mol. The molecule has 19 rings (SSSR count). The number of carbonyl (C=O) groups excluding carboxylic acids is 9. The molecule has 4 saturated heterocycles. The lowest BCUT2D eigenvalue weighted by Gasteiger charge is -2.61. The van der Waals surface area contributed by atoms with Gasteiger partial charge in [0.05, 0.1) is 74.7 Å². The summed E-state index contributed by atoms with van der Waals surface area (Å²) in [5.74, 6) is 5.41. The summed E-state index contributed by atoms with van der Waals surface area (Å²) < 4.78 is 68.3. The minimum Gasteiger partial charge on any atom is -0.508 e. The molecule has 16 bridgehead atoms. The zero-order chi connectivity index (χ0) is 88.8. The van der Waals surface area contributed by atoms with Crippen LogP contribution >= 0.6 is 0 Å². The number of methoxy groups -OCH3 is 2. The van der Waals surface area contributed by atoms with Crippen molar-refractivity contribution in [3.05, 3.63) is 24.3 Å². The Morgan fingerprint density at radius 1 is 0.488 bits per heavy atom. The Bertz CT molecular complexity index is 3910. The Kier molecular flexibility index (Phi) is 27.3. The van der Waals surface area contributed by atoms with Crippen molar-refractivity contribution in [2.75, 3.05) is 14.2 Å². The number of fused-ring (bicyclic) bond motifs is 11. The predicted octanol–water partition coefficient (Wildman–Crippen LogP) is 17.7. The zero-order valence-corrected chi connectivity index (χ0v) is 77.4. The number of phenolic OH excluding ortho intramolecular Hbond substituents is 1. The Labute approximate surface area is 720 Å². The van der Waals surface area contributed by atoms with Crippen molar-refractivity contribution >= 4 is 53.7 Å². The lowest BCUT2D eigenvalue weighted by molar-refractivity contribution is -0.289. The lowest BCUT2D eigenvalue weighted by atomic mass is 9.52. The van der Waals surface area contributed by atoms with E-state index in [0.717, 1.165) is 126 Å². The highest BCUT2D eigenvalue weighted by atomic mass is 16.7. The molecule has 14 saturated carbocycles. The Balaban J connectivity index is 0.000000134. The summed E-state index contributed by atoms with van der Waals surface area (Å²) >= 11 is 0. The summed E-state index contributed by atoms with van der Waals surface area (Å²) in [5.41, 5.74) is -4.27. The third kappa shape index (κ3) is 18.7. The van der Waals surface area contributed by atoms with Gasteiger partial charge in [-0.1, -0.05) is 62.3 Å². The van der Waals surface area contributed by atoms with Gasteiger partial charge in [0.25, 0.3) is 0 Å². The van der Waals surface area contributed by atoms with Gasteiger partial charge in [0, 0.05) is 43.6 Å². The number of hydrogen-bond acceptors (Lipinski definition) is 23. The smallest absolute Gasteiger partial charge is 0.316 e. The number of aromatic hydroxyl groups is 1. The summed E-state index contributed by atoms with van der Waals surface area (Å²) in [6.45, 7) is 41.5. The highest BCUT2D eigenvalue weighted by molar-refractivity contribution is 5.87. The highest BCUT2D eigenvalue weighted by Gasteiger charge is 2.72. The first-order valence-corrected chi connectivity index (χ1v) is 46.7. The summed E-state index contributed by atoms with van der Waals surface area (Å²) in [6, 6.07) is 6.11. The van der Waals surface area contributed by atoms with Crippen molar-refractivity contribution in [2.45, 2.75) is 383 Å². The van der Waals surface area contributed by atoms with Crippen LogP contribution in [-0.4, -0.2) is 149 Å². The molecule has 0 amide bonds. The molecule has 1 aromatic carbocycles. The monoisotopic (exact) mass is 1700 g/mol. The van der Waals surface area contributed by atoms with Gasteiger partial charge < -0.3 is 67.1 Å². The SMILES string of the molecule is CCC(C)(C)C(=O)OC1(CC)CC2CC1C1C3CCC(C3)C21.CCC(C)(C)C(=O)OC12CC3CC(C1)CC(OC(OC)C(C)C)(C3)C2.CCC(C)(C)C(=O)OC12CC3CC(CC(O)(C3)C1)C2.CCC(C)(C)C(=O)OC1C2CC3C(=O)OC1C3O2.CCC(C)(C)C(=O)OC1C2CC3C1OC(=O)C3C2C(=O)OC.CCC(C)(C)C(=O)Oc1ccc(O)cc1. The maximum atomic E-state index is 12.8. The molecule has 18 aliphatic rings. The van der Waals surface area contributed by atoms with Crippen LogP contribution in [0.4, 0.5) is 0 Å². The normalized spacial score (nSPS) is 38.3. The number of esters is 9. The predicted molar refractivity (Wildman–Crippen MR) is 450 cm³/mol. The third-order valence-corrected chi connectivity index (χ3v) is 33.4. The third-order valence-electron chi connectivity index (χ3n) is 33.4. The van der Waals surface area contributed by atoms with Crippen LogP contribution in [0.3, 0.4) is 0 Å². The largest absolute Gasteiger partial charge is 0.508 e. The van der Waals surface area contributed by atoms with Gasteiger partial charge in [-0.05, 0) is 315 Å². The van der Waals surface area contributed by atoms with Gasteiger partial charge >= 0.3 is 53.7 Å². The molecule has 1 aromatic rings. The topological polar surface area (TPSA) is 305 Å². The molecule has 23 atom stereocenters. The lowest BCUT2D eigenvalue weighted by Crippen LogP contribution is -2.62. The van der Waals surface area contributed by atoms with E-state index < -0.39 is 74.9 Å². The van der Waals surface area contributed by atoms with Gasteiger partial charge in [0.1, 0.15) is 46.6 Å². The summed E-state index contributed by atoms with van der Waals surface area (Å²) in [7, 11) is 3.04. The first-order valence-electron chi connectivity index (χ1n) is 46.7. The first-order chi connectivity index (χ1) is 56.5. The van der Waals surface area contributed by atoms with E-state index in [4.69, 9.17) is 61.9 Å². The van der Waals surface area contributed by atoms with E-state index >= 15 is 0 Å². The van der Waals surface area contributed by atoms with E-state index in [9.17, 15) is 48.3 Å². The van der Waals surface area contributed by atoms with Gasteiger partial charge in [-0.15, -0.1) is 0 Å². The molecule has 4 aliphatic heterocycles. The fourth-order valence-electron chi connectivity index (χ4n) is 24.8. The van der Waals surface area contributed by atoms with Crippen LogP contribution in [0.2, 0.25) is 0 Å². The van der Waals surface area contributed by atoms with Gasteiger partial charge in [-0.2, -0.15) is 0 Å². The van der Waals surface area contributed by atoms with Crippen molar-refractivity contribution in [3.63, 3.8) is 0 Å². The highest BCUT2D eigenvalue weighted by Crippen LogP contribution is 2.72. The molecule has 4 heterocycles. The van der Waals surface area contributed by atoms with Gasteiger partial charge in [0.2, 0.25) is 0 Å². The number of ether oxygens (including phenoxy) is 12. The molecule has 0 radical (unpaired) electrons. The second-order valence-electron chi connectivity index (χ2n) is 44.5. The van der Waals surface area contributed by atoms with E-state index in [0.29, 0.717) is 73.4 Å². The summed E-state index contributed by atoms with van der Waals surface area (Å²) in [6.07, 6.45) is 23.4. The van der Waals surface area contributed by atoms with E-state index in [2.05, 4.69) is 34.6 Å². The molecule has 18 fully saturated rings. The number of benzene rings is 1. The van der Waals surface area contributed by atoms with Crippen LogP contribution in [-0.2, 0) is 95.3 Å². The number of rotatable bonds is 24. The minimum atomic E-state index is -0.593. The molecule has 23 nitrogen and oxygen atoms in total. The molecule has 2 N–H and O–H groups in total.